The van der Waals surface area contributed by atoms with Crippen LogP contribution in [0.1, 0.15) is 36.5 Å². The van der Waals surface area contributed by atoms with Gasteiger partial charge < -0.3 is 9.47 Å². The normalized spacial score (nSPS) is 11.9. The van der Waals surface area contributed by atoms with E-state index in [0.717, 1.165) is 19.3 Å². The zero-order chi connectivity index (χ0) is 12.7. The van der Waals surface area contributed by atoms with Crippen LogP contribution in [-0.2, 0) is 4.74 Å². The minimum Gasteiger partial charge on any atom is -0.475 e. The highest BCUT2D eigenvalue weighted by atomic mass is 35.5. The second-order valence-corrected chi connectivity index (χ2v) is 4.17. The first-order valence-electron chi connectivity index (χ1n) is 5.66. The van der Waals surface area contributed by atoms with Crippen LogP contribution in [0.4, 0.5) is 0 Å². The number of halogens is 1. The standard InChI is InChI=1S/C13H17ClO3/c1-3-4-5-12(14)17-11-8-6-10(7-9-11)13(15)16-2/h6-9,12H,3-5H2,1-2H3. The summed E-state index contributed by atoms with van der Waals surface area (Å²) in [5.41, 5.74) is 0.179. The lowest BCUT2D eigenvalue weighted by atomic mass is 10.2. The topological polar surface area (TPSA) is 35.5 Å². The van der Waals surface area contributed by atoms with Crippen LogP contribution in [0.15, 0.2) is 24.3 Å². The van der Waals surface area contributed by atoms with E-state index >= 15 is 0 Å². The third-order valence-corrected chi connectivity index (χ3v) is 2.63. The molecule has 0 aliphatic rings. The molecule has 0 amide bonds. The zero-order valence-corrected chi connectivity index (χ0v) is 10.9. The van der Waals surface area contributed by atoms with Gasteiger partial charge in [-0.3, -0.25) is 0 Å². The van der Waals surface area contributed by atoms with Crippen molar-refractivity contribution >= 4 is 17.6 Å². The summed E-state index contributed by atoms with van der Waals surface area (Å²) in [7, 11) is 1.35. The molecule has 0 bridgehead atoms. The van der Waals surface area contributed by atoms with E-state index < -0.39 is 0 Å². The Balaban J connectivity index is 2.53. The molecule has 0 aromatic heterocycles. The fourth-order valence-electron chi connectivity index (χ4n) is 1.36. The van der Waals surface area contributed by atoms with E-state index in [-0.39, 0.29) is 11.5 Å². The monoisotopic (exact) mass is 256 g/mol. The van der Waals surface area contributed by atoms with Gasteiger partial charge in [-0.2, -0.15) is 0 Å². The fourth-order valence-corrected chi connectivity index (χ4v) is 1.62. The van der Waals surface area contributed by atoms with Gasteiger partial charge in [0.1, 0.15) is 5.75 Å². The average Bonchev–Trinajstić information content (AvgIpc) is 2.36. The molecule has 0 heterocycles. The molecule has 3 nitrogen and oxygen atoms in total. The lowest BCUT2D eigenvalue weighted by Crippen LogP contribution is -2.08. The first-order valence-corrected chi connectivity index (χ1v) is 6.10. The molecule has 0 aliphatic heterocycles. The van der Waals surface area contributed by atoms with Gasteiger partial charge >= 0.3 is 5.97 Å². The van der Waals surface area contributed by atoms with Crippen LogP contribution in [0.2, 0.25) is 0 Å². The van der Waals surface area contributed by atoms with Crippen molar-refractivity contribution in [2.75, 3.05) is 7.11 Å². The first-order chi connectivity index (χ1) is 8.17. The van der Waals surface area contributed by atoms with Crippen molar-refractivity contribution in [3.8, 4) is 5.75 Å². The minimum atomic E-state index is -0.357. The Bertz CT molecular complexity index is 348. The SMILES string of the molecule is CCCCC(Cl)Oc1ccc(C(=O)OC)cc1. The third kappa shape index (κ3) is 4.65. The molecule has 1 atom stereocenters. The number of carbonyl (C=O) groups excluding carboxylic acids is 1. The summed E-state index contributed by atoms with van der Waals surface area (Å²) in [5, 5.41) is 0. The van der Waals surface area contributed by atoms with Gasteiger partial charge in [-0.05, 0) is 37.1 Å². The van der Waals surface area contributed by atoms with Crippen LogP contribution < -0.4 is 4.74 Å². The maximum atomic E-state index is 11.2. The van der Waals surface area contributed by atoms with Crippen molar-refractivity contribution in [3.05, 3.63) is 29.8 Å². The van der Waals surface area contributed by atoms with Crippen LogP contribution >= 0.6 is 11.6 Å². The van der Waals surface area contributed by atoms with Gasteiger partial charge in [-0.25, -0.2) is 4.79 Å². The summed E-state index contributed by atoms with van der Waals surface area (Å²) in [5.74, 6) is 0.304. The van der Waals surface area contributed by atoms with E-state index in [1.54, 1.807) is 24.3 Å². The molecule has 0 saturated carbocycles. The average molecular weight is 257 g/mol. The zero-order valence-electron chi connectivity index (χ0n) is 10.1. The van der Waals surface area contributed by atoms with Crippen molar-refractivity contribution in [1.29, 1.82) is 0 Å². The summed E-state index contributed by atoms with van der Waals surface area (Å²) < 4.78 is 10.1. The van der Waals surface area contributed by atoms with Crippen LogP contribution in [0.5, 0.6) is 5.75 Å². The second kappa shape index (κ2) is 7.17. The predicted molar refractivity (Wildman–Crippen MR) is 67.6 cm³/mol. The maximum Gasteiger partial charge on any atom is 0.337 e. The number of ether oxygens (including phenoxy) is 2. The Morgan fingerprint density at radius 1 is 1.35 bits per heavy atom. The molecule has 17 heavy (non-hydrogen) atoms. The Hall–Kier alpha value is -1.22. The van der Waals surface area contributed by atoms with E-state index in [2.05, 4.69) is 11.7 Å². The number of benzene rings is 1. The first kappa shape index (κ1) is 13.8. The van der Waals surface area contributed by atoms with Gasteiger partial charge in [0.15, 0.2) is 5.56 Å². The second-order valence-electron chi connectivity index (χ2n) is 3.69. The molecule has 1 aromatic rings. The summed E-state index contributed by atoms with van der Waals surface area (Å²) in [6, 6.07) is 6.75. The molecule has 0 aliphatic carbocycles. The van der Waals surface area contributed by atoms with Gasteiger partial charge in [0.05, 0.1) is 12.7 Å². The quantitative estimate of drug-likeness (QED) is 0.576. The summed E-state index contributed by atoms with van der Waals surface area (Å²) in [6.07, 6.45) is 2.94. The molecule has 0 fully saturated rings. The van der Waals surface area contributed by atoms with Crippen molar-refractivity contribution < 1.29 is 14.3 Å². The summed E-state index contributed by atoms with van der Waals surface area (Å²) in [6.45, 7) is 2.11. The molecule has 94 valence electrons. The van der Waals surface area contributed by atoms with Gasteiger partial charge in [-0.15, -0.1) is 0 Å². The summed E-state index contributed by atoms with van der Waals surface area (Å²) in [4.78, 5) is 11.2. The van der Waals surface area contributed by atoms with E-state index in [1.807, 2.05) is 0 Å². The van der Waals surface area contributed by atoms with E-state index in [1.165, 1.54) is 7.11 Å². The molecule has 0 N–H and O–H groups in total. The fraction of sp³-hybridized carbons (Fsp3) is 0.462. The largest absolute Gasteiger partial charge is 0.475 e. The molecule has 0 saturated heterocycles. The molecule has 1 aromatic carbocycles. The molecule has 4 heteroatoms. The van der Waals surface area contributed by atoms with E-state index in [0.29, 0.717) is 11.3 Å². The Kier molecular flexibility index (Phi) is 5.84. The lowest BCUT2D eigenvalue weighted by molar-refractivity contribution is 0.0600. The summed E-state index contributed by atoms with van der Waals surface area (Å²) >= 11 is 6.01. The third-order valence-electron chi connectivity index (χ3n) is 2.32. The number of methoxy groups -OCH3 is 1. The van der Waals surface area contributed by atoms with Crippen molar-refractivity contribution in [3.63, 3.8) is 0 Å². The van der Waals surface area contributed by atoms with Crippen LogP contribution in [-0.4, -0.2) is 18.6 Å². The van der Waals surface area contributed by atoms with Crippen LogP contribution in [0.3, 0.4) is 0 Å². The Labute approximate surface area is 107 Å². The molecule has 0 radical (unpaired) electrons. The number of alkyl halides is 1. The van der Waals surface area contributed by atoms with E-state index in [4.69, 9.17) is 16.3 Å². The number of esters is 1. The van der Waals surface area contributed by atoms with Gasteiger partial charge in [0.2, 0.25) is 0 Å². The molecule has 1 rings (SSSR count). The van der Waals surface area contributed by atoms with Gasteiger partial charge in [0.25, 0.3) is 0 Å². The number of rotatable bonds is 6. The molecular weight excluding hydrogens is 240 g/mol. The number of hydrogen-bond acceptors (Lipinski definition) is 3. The minimum absolute atomic E-state index is 0.320. The van der Waals surface area contributed by atoms with E-state index in [9.17, 15) is 4.79 Å². The predicted octanol–water partition coefficient (Wildman–Crippen LogP) is 3.61. The van der Waals surface area contributed by atoms with Gasteiger partial charge in [0, 0.05) is 0 Å². The van der Waals surface area contributed by atoms with Crippen LogP contribution in [0, 0.1) is 0 Å². The molecule has 0 spiro atoms. The highest BCUT2D eigenvalue weighted by Crippen LogP contribution is 2.18. The maximum absolute atomic E-state index is 11.2. The lowest BCUT2D eigenvalue weighted by Gasteiger charge is -2.12. The smallest absolute Gasteiger partial charge is 0.337 e. The highest BCUT2D eigenvalue weighted by Gasteiger charge is 2.08. The van der Waals surface area contributed by atoms with Crippen molar-refractivity contribution in [2.24, 2.45) is 0 Å². The van der Waals surface area contributed by atoms with Crippen molar-refractivity contribution in [1.82, 2.24) is 0 Å². The highest BCUT2D eigenvalue weighted by molar-refractivity contribution is 6.19. The Morgan fingerprint density at radius 2 is 2.00 bits per heavy atom. The molecular formula is C13H17ClO3. The number of carbonyl (C=O) groups is 1. The van der Waals surface area contributed by atoms with Gasteiger partial charge in [-0.1, -0.05) is 24.9 Å². The molecule has 1 unspecified atom stereocenters. The number of hydrogen-bond donors (Lipinski definition) is 0. The van der Waals surface area contributed by atoms with Crippen molar-refractivity contribution in [2.45, 2.75) is 31.7 Å². The van der Waals surface area contributed by atoms with Crippen LogP contribution in [0.25, 0.3) is 0 Å². The number of unbranched alkanes of at least 4 members (excludes halogenated alkanes) is 1. The Morgan fingerprint density at radius 3 is 2.53 bits per heavy atom.